The van der Waals surface area contributed by atoms with Crippen molar-refractivity contribution in [3.05, 3.63) is 64.2 Å². The number of rotatable bonds is 4. The van der Waals surface area contributed by atoms with Gasteiger partial charge in [-0.2, -0.15) is 0 Å². The van der Waals surface area contributed by atoms with E-state index in [9.17, 15) is 18.0 Å². The number of benzene rings is 2. The maximum atomic E-state index is 13.0. The molecule has 8 heteroatoms. The van der Waals surface area contributed by atoms with Crippen molar-refractivity contribution in [1.29, 1.82) is 0 Å². The van der Waals surface area contributed by atoms with E-state index in [4.69, 9.17) is 21.5 Å². The number of hydrogen-bond acceptors (Lipinski definition) is 5. The van der Waals surface area contributed by atoms with Gasteiger partial charge in [-0.15, -0.1) is 0 Å². The second kappa shape index (κ2) is 6.84. The van der Waals surface area contributed by atoms with E-state index in [1.807, 2.05) is 0 Å². The van der Waals surface area contributed by atoms with Crippen molar-refractivity contribution in [2.24, 2.45) is 5.14 Å². The van der Waals surface area contributed by atoms with Crippen LogP contribution in [0.25, 0.3) is 11.3 Å². The molecule has 2 aromatic rings. The van der Waals surface area contributed by atoms with Crippen LogP contribution < -0.4 is 5.14 Å². The Labute approximate surface area is 168 Å². The molecule has 6 nitrogen and oxygen atoms in total. The second-order valence-corrected chi connectivity index (χ2v) is 9.00. The average Bonchev–Trinajstić information content (AvgIpc) is 2.83. The third-order valence-electron chi connectivity index (χ3n) is 4.40. The number of hydrogen-bond donors (Lipinski definition) is 1. The molecule has 0 unspecified atom stereocenters. The number of Topliss-reactive ketones (excluding diaryl/α,β-unsaturated/α-hetero) is 2. The molecule has 0 saturated heterocycles. The van der Waals surface area contributed by atoms with Crippen LogP contribution >= 0.6 is 11.6 Å². The molecule has 1 heterocycles. The van der Waals surface area contributed by atoms with Gasteiger partial charge in [-0.1, -0.05) is 11.6 Å². The summed E-state index contributed by atoms with van der Waals surface area (Å²) in [6.45, 7) is 4.68. The molecule has 0 fully saturated rings. The number of ketones is 2. The Morgan fingerprint density at radius 1 is 1.07 bits per heavy atom. The first-order valence-corrected chi connectivity index (χ1v) is 10.3. The van der Waals surface area contributed by atoms with Crippen molar-refractivity contribution in [2.75, 3.05) is 0 Å². The van der Waals surface area contributed by atoms with Gasteiger partial charge in [0.05, 0.1) is 10.5 Å². The van der Waals surface area contributed by atoms with Gasteiger partial charge >= 0.3 is 0 Å². The van der Waals surface area contributed by atoms with E-state index < -0.39 is 15.6 Å². The summed E-state index contributed by atoms with van der Waals surface area (Å²) in [5.41, 5.74) is 0.487. The molecule has 1 aliphatic heterocycles. The van der Waals surface area contributed by atoms with Gasteiger partial charge in [0.2, 0.25) is 15.8 Å². The lowest BCUT2D eigenvalue weighted by atomic mass is 9.91. The largest absolute Gasteiger partial charge is 0.478 e. The van der Waals surface area contributed by atoms with Gasteiger partial charge in [-0.05, 0) is 68.8 Å². The van der Waals surface area contributed by atoms with Gasteiger partial charge in [0.1, 0.15) is 5.76 Å². The molecule has 0 atom stereocenters. The van der Waals surface area contributed by atoms with E-state index in [0.29, 0.717) is 21.7 Å². The number of carbonyl (C=O) groups excluding carboxylic acids is 2. The molecule has 3 rings (SSSR count). The predicted octanol–water partition coefficient (Wildman–Crippen LogP) is 3.44. The number of carbonyl (C=O) groups is 2. The van der Waals surface area contributed by atoms with Crippen LogP contribution in [-0.2, 0) is 19.6 Å². The summed E-state index contributed by atoms with van der Waals surface area (Å²) < 4.78 is 28.9. The third-order valence-corrected chi connectivity index (χ3v) is 5.54. The summed E-state index contributed by atoms with van der Waals surface area (Å²) >= 11 is 6.15. The summed E-state index contributed by atoms with van der Waals surface area (Å²) in [6, 6.07) is 10.4. The lowest BCUT2D eigenvalue weighted by molar-refractivity contribution is -0.125. The lowest BCUT2D eigenvalue weighted by Gasteiger charge is -2.17. The van der Waals surface area contributed by atoms with Gasteiger partial charge in [0, 0.05) is 16.1 Å². The van der Waals surface area contributed by atoms with Crippen molar-refractivity contribution >= 4 is 44.5 Å². The Balaban J connectivity index is 2.22. The summed E-state index contributed by atoms with van der Waals surface area (Å²) in [5.74, 6) is -0.170. The number of ether oxygens (including phenoxy) is 1. The van der Waals surface area contributed by atoms with E-state index >= 15 is 0 Å². The minimum absolute atomic E-state index is 0.0522. The molecular formula is C20H18ClNO5S. The monoisotopic (exact) mass is 419 g/mol. The molecule has 0 radical (unpaired) electrons. The molecule has 0 aromatic heterocycles. The first-order chi connectivity index (χ1) is 12.9. The quantitative estimate of drug-likeness (QED) is 0.764. The average molecular weight is 420 g/mol. The standard InChI is InChI=1S/C20H18ClNO5S/c1-11(23)13-8-14(10-15(21)9-13)17-18(27-20(2,3)19(17)24)12-4-6-16(7-5-12)28(22,25)26/h4-10H,1-3H3,(H2,22,25,26). The Hall–Kier alpha value is -2.48. The maximum Gasteiger partial charge on any atom is 0.238 e. The minimum atomic E-state index is -3.84. The SMILES string of the molecule is CC(=O)c1cc(Cl)cc(C2=C(c3ccc(S(N)(=O)=O)cc3)OC(C)(C)C2=O)c1. The zero-order chi connectivity index (χ0) is 20.9. The number of halogens is 1. The van der Waals surface area contributed by atoms with E-state index in [0.717, 1.165) is 0 Å². The molecule has 0 bridgehead atoms. The first kappa shape index (κ1) is 20.3. The van der Waals surface area contributed by atoms with Crippen LogP contribution in [0.2, 0.25) is 5.02 Å². The molecule has 0 spiro atoms. The summed E-state index contributed by atoms with van der Waals surface area (Å²) in [7, 11) is -3.84. The Kier molecular flexibility index (Phi) is 4.95. The maximum absolute atomic E-state index is 13.0. The summed E-state index contributed by atoms with van der Waals surface area (Å²) in [5, 5.41) is 5.45. The highest BCUT2D eigenvalue weighted by molar-refractivity contribution is 7.89. The zero-order valence-electron chi connectivity index (χ0n) is 15.4. The van der Waals surface area contributed by atoms with Crippen molar-refractivity contribution in [3.63, 3.8) is 0 Å². The Morgan fingerprint density at radius 2 is 1.68 bits per heavy atom. The highest BCUT2D eigenvalue weighted by atomic mass is 35.5. The molecule has 0 aliphatic carbocycles. The van der Waals surface area contributed by atoms with Crippen LogP contribution in [0.3, 0.4) is 0 Å². The third kappa shape index (κ3) is 3.73. The van der Waals surface area contributed by atoms with Crippen LogP contribution in [0.15, 0.2) is 47.4 Å². The minimum Gasteiger partial charge on any atom is -0.478 e. The number of nitrogens with two attached hydrogens (primary N) is 1. The first-order valence-electron chi connectivity index (χ1n) is 8.33. The summed E-state index contributed by atoms with van der Waals surface area (Å²) in [6.07, 6.45) is 0. The topological polar surface area (TPSA) is 104 Å². The highest BCUT2D eigenvalue weighted by Gasteiger charge is 2.43. The van der Waals surface area contributed by atoms with Crippen molar-refractivity contribution in [3.8, 4) is 0 Å². The summed E-state index contributed by atoms with van der Waals surface area (Å²) in [4.78, 5) is 24.7. The van der Waals surface area contributed by atoms with E-state index in [-0.39, 0.29) is 27.8 Å². The number of sulfonamides is 1. The predicted molar refractivity (Wildman–Crippen MR) is 106 cm³/mol. The Bertz CT molecular complexity index is 1130. The molecule has 2 N–H and O–H groups in total. The molecule has 146 valence electrons. The van der Waals surface area contributed by atoms with Crippen LogP contribution in [0, 0.1) is 0 Å². The Morgan fingerprint density at radius 3 is 2.21 bits per heavy atom. The zero-order valence-corrected chi connectivity index (χ0v) is 17.0. The normalized spacial score (nSPS) is 16.2. The van der Waals surface area contributed by atoms with Crippen LogP contribution in [0.1, 0.15) is 42.3 Å². The van der Waals surface area contributed by atoms with E-state index in [1.165, 1.54) is 37.3 Å². The molecular weight excluding hydrogens is 402 g/mol. The highest BCUT2D eigenvalue weighted by Crippen LogP contribution is 2.42. The van der Waals surface area contributed by atoms with Gasteiger partial charge in [0.25, 0.3) is 0 Å². The molecule has 28 heavy (non-hydrogen) atoms. The van der Waals surface area contributed by atoms with Gasteiger partial charge < -0.3 is 4.74 Å². The molecule has 2 aromatic carbocycles. The fourth-order valence-corrected chi connectivity index (χ4v) is 3.71. The molecule has 1 aliphatic rings. The van der Waals surface area contributed by atoms with Crippen LogP contribution in [0.5, 0.6) is 0 Å². The van der Waals surface area contributed by atoms with Crippen molar-refractivity contribution in [1.82, 2.24) is 0 Å². The van der Waals surface area contributed by atoms with Crippen molar-refractivity contribution < 1.29 is 22.7 Å². The molecule has 0 saturated carbocycles. The fraction of sp³-hybridized carbons (Fsp3) is 0.200. The van der Waals surface area contributed by atoms with Crippen molar-refractivity contribution in [2.45, 2.75) is 31.3 Å². The van der Waals surface area contributed by atoms with Gasteiger partial charge in [0.15, 0.2) is 11.4 Å². The number of primary sulfonamides is 1. The fourth-order valence-electron chi connectivity index (χ4n) is 2.96. The van der Waals surface area contributed by atoms with E-state index in [1.54, 1.807) is 26.0 Å². The van der Waals surface area contributed by atoms with Gasteiger partial charge in [-0.25, -0.2) is 13.6 Å². The van der Waals surface area contributed by atoms with E-state index in [2.05, 4.69) is 0 Å². The van der Waals surface area contributed by atoms with Crippen LogP contribution in [0.4, 0.5) is 0 Å². The second-order valence-electron chi connectivity index (χ2n) is 7.00. The van der Waals surface area contributed by atoms with Crippen LogP contribution in [-0.4, -0.2) is 25.6 Å². The molecule has 0 amide bonds. The smallest absolute Gasteiger partial charge is 0.238 e. The lowest BCUT2D eigenvalue weighted by Crippen LogP contribution is -2.29. The van der Waals surface area contributed by atoms with Gasteiger partial charge in [-0.3, -0.25) is 9.59 Å².